The number of carbonyl (C=O) groups excluding carboxylic acids is 1. The highest BCUT2D eigenvalue weighted by molar-refractivity contribution is 5.87. The molecule has 1 saturated carbocycles. The molecule has 0 bridgehead atoms. The Labute approximate surface area is 144 Å². The second kappa shape index (κ2) is 7.80. The lowest BCUT2D eigenvalue weighted by molar-refractivity contribution is -0.126. The summed E-state index contributed by atoms with van der Waals surface area (Å²) < 4.78 is 0. The molecule has 3 nitrogen and oxygen atoms in total. The highest BCUT2D eigenvalue weighted by Gasteiger charge is 2.26. The first kappa shape index (κ1) is 17.8. The first-order valence-electron chi connectivity index (χ1n) is 8.19. The van der Waals surface area contributed by atoms with Gasteiger partial charge in [-0.05, 0) is 42.5 Å². The smallest absolute Gasteiger partial charge is 0.223 e. The van der Waals surface area contributed by atoms with Crippen LogP contribution in [-0.2, 0) is 4.79 Å². The van der Waals surface area contributed by atoms with Crippen molar-refractivity contribution in [2.24, 2.45) is 11.7 Å². The lowest BCUT2D eigenvalue weighted by atomic mass is 9.85. The zero-order valence-electron chi connectivity index (χ0n) is 13.5. The van der Waals surface area contributed by atoms with E-state index in [1.807, 2.05) is 12.1 Å². The van der Waals surface area contributed by atoms with Crippen molar-refractivity contribution in [1.82, 2.24) is 5.32 Å². The van der Waals surface area contributed by atoms with Crippen molar-refractivity contribution in [3.8, 4) is 0 Å². The SMILES string of the molecule is CC(NC(=O)C1CCCC(N)C1)c1cccc2ccccc12.Cl. The third kappa shape index (κ3) is 4.04. The van der Waals surface area contributed by atoms with Crippen molar-refractivity contribution in [3.05, 3.63) is 48.0 Å². The summed E-state index contributed by atoms with van der Waals surface area (Å²) in [7, 11) is 0. The summed E-state index contributed by atoms with van der Waals surface area (Å²) in [5, 5.41) is 5.60. The van der Waals surface area contributed by atoms with Gasteiger partial charge in [0.1, 0.15) is 0 Å². The Morgan fingerprint density at radius 3 is 2.70 bits per heavy atom. The molecule has 0 spiro atoms. The zero-order valence-corrected chi connectivity index (χ0v) is 14.3. The molecule has 124 valence electrons. The van der Waals surface area contributed by atoms with Gasteiger partial charge >= 0.3 is 0 Å². The molecule has 0 heterocycles. The normalized spacial score (nSPS) is 22.2. The van der Waals surface area contributed by atoms with E-state index in [1.165, 1.54) is 16.3 Å². The van der Waals surface area contributed by atoms with Gasteiger partial charge in [-0.25, -0.2) is 0 Å². The van der Waals surface area contributed by atoms with Crippen LogP contribution < -0.4 is 11.1 Å². The number of rotatable bonds is 3. The van der Waals surface area contributed by atoms with Gasteiger partial charge in [-0.15, -0.1) is 12.4 Å². The highest BCUT2D eigenvalue weighted by atomic mass is 35.5. The molecule has 3 N–H and O–H groups in total. The van der Waals surface area contributed by atoms with Crippen molar-refractivity contribution in [3.63, 3.8) is 0 Å². The number of hydrogen-bond donors (Lipinski definition) is 2. The van der Waals surface area contributed by atoms with Crippen LogP contribution in [0.2, 0.25) is 0 Å². The summed E-state index contributed by atoms with van der Waals surface area (Å²) >= 11 is 0. The second-order valence-electron chi connectivity index (χ2n) is 6.42. The largest absolute Gasteiger partial charge is 0.349 e. The topological polar surface area (TPSA) is 55.1 Å². The Morgan fingerprint density at radius 1 is 1.17 bits per heavy atom. The molecule has 23 heavy (non-hydrogen) atoms. The minimum Gasteiger partial charge on any atom is -0.349 e. The minimum absolute atomic E-state index is 0. The van der Waals surface area contributed by atoms with Crippen LogP contribution in [0.5, 0.6) is 0 Å². The molecule has 1 fully saturated rings. The van der Waals surface area contributed by atoms with Gasteiger partial charge in [-0.1, -0.05) is 48.9 Å². The minimum atomic E-state index is 0. The fourth-order valence-corrected chi connectivity index (χ4v) is 3.50. The van der Waals surface area contributed by atoms with E-state index < -0.39 is 0 Å². The van der Waals surface area contributed by atoms with E-state index in [9.17, 15) is 4.79 Å². The average Bonchev–Trinajstić information content (AvgIpc) is 2.54. The molecule has 2 aromatic carbocycles. The summed E-state index contributed by atoms with van der Waals surface area (Å²) in [6.07, 6.45) is 3.88. The Balaban J connectivity index is 0.00000192. The summed E-state index contributed by atoms with van der Waals surface area (Å²) in [6, 6.07) is 14.7. The van der Waals surface area contributed by atoms with Crippen LogP contribution in [0.25, 0.3) is 10.8 Å². The van der Waals surface area contributed by atoms with Crippen LogP contribution in [0.4, 0.5) is 0 Å². The van der Waals surface area contributed by atoms with Crippen LogP contribution >= 0.6 is 12.4 Å². The van der Waals surface area contributed by atoms with Crippen molar-refractivity contribution < 1.29 is 4.79 Å². The molecular formula is C19H25ClN2O. The highest BCUT2D eigenvalue weighted by Crippen LogP contribution is 2.27. The maximum atomic E-state index is 12.5. The lowest BCUT2D eigenvalue weighted by Crippen LogP contribution is -2.38. The van der Waals surface area contributed by atoms with Crippen LogP contribution in [0.15, 0.2) is 42.5 Å². The number of halogens is 1. The van der Waals surface area contributed by atoms with E-state index in [4.69, 9.17) is 5.73 Å². The third-order valence-corrected chi connectivity index (χ3v) is 4.73. The number of carbonyl (C=O) groups is 1. The fraction of sp³-hybridized carbons (Fsp3) is 0.421. The van der Waals surface area contributed by atoms with Gasteiger partial charge in [0.25, 0.3) is 0 Å². The van der Waals surface area contributed by atoms with Gasteiger partial charge in [0.2, 0.25) is 5.91 Å². The molecule has 1 aliphatic carbocycles. The van der Waals surface area contributed by atoms with Crippen molar-refractivity contribution in [2.45, 2.75) is 44.7 Å². The number of nitrogens with one attached hydrogen (secondary N) is 1. The van der Waals surface area contributed by atoms with Crippen molar-refractivity contribution in [2.75, 3.05) is 0 Å². The van der Waals surface area contributed by atoms with Crippen LogP contribution in [0.3, 0.4) is 0 Å². The molecule has 0 aliphatic heterocycles. The van der Waals surface area contributed by atoms with Gasteiger partial charge in [-0.2, -0.15) is 0 Å². The van der Waals surface area contributed by atoms with E-state index in [2.05, 4.69) is 42.6 Å². The zero-order chi connectivity index (χ0) is 15.5. The van der Waals surface area contributed by atoms with Crippen molar-refractivity contribution in [1.29, 1.82) is 0 Å². The number of fused-ring (bicyclic) bond motifs is 1. The van der Waals surface area contributed by atoms with E-state index in [0.29, 0.717) is 0 Å². The Bertz CT molecular complexity index is 668. The molecule has 0 aromatic heterocycles. The van der Waals surface area contributed by atoms with E-state index in [-0.39, 0.29) is 36.3 Å². The molecule has 3 rings (SSSR count). The lowest BCUT2D eigenvalue weighted by Gasteiger charge is -2.27. The Morgan fingerprint density at radius 2 is 1.91 bits per heavy atom. The van der Waals surface area contributed by atoms with Gasteiger partial charge in [-0.3, -0.25) is 4.79 Å². The maximum absolute atomic E-state index is 12.5. The summed E-state index contributed by atoms with van der Waals surface area (Å²) in [4.78, 5) is 12.5. The van der Waals surface area contributed by atoms with Crippen molar-refractivity contribution >= 4 is 29.1 Å². The average molecular weight is 333 g/mol. The maximum Gasteiger partial charge on any atom is 0.223 e. The molecule has 3 atom stereocenters. The van der Waals surface area contributed by atoms with Gasteiger partial charge in [0.05, 0.1) is 6.04 Å². The first-order valence-corrected chi connectivity index (χ1v) is 8.19. The molecule has 0 saturated heterocycles. The van der Waals surface area contributed by atoms with Gasteiger partial charge in [0.15, 0.2) is 0 Å². The standard InChI is InChI=1S/C19H24N2O.ClH/c1-13(21-19(22)15-8-4-9-16(20)12-15)17-11-5-7-14-6-2-3-10-18(14)17;/h2-3,5-7,10-11,13,15-16H,4,8-9,12,20H2,1H3,(H,21,22);1H. The predicted molar refractivity (Wildman–Crippen MR) is 97.7 cm³/mol. The first-order chi connectivity index (χ1) is 10.6. The monoisotopic (exact) mass is 332 g/mol. The Kier molecular flexibility index (Phi) is 6.03. The van der Waals surface area contributed by atoms with Crippen LogP contribution in [-0.4, -0.2) is 11.9 Å². The van der Waals surface area contributed by atoms with Gasteiger partial charge in [0, 0.05) is 12.0 Å². The molecule has 4 heteroatoms. The molecule has 1 amide bonds. The van der Waals surface area contributed by atoms with E-state index in [1.54, 1.807) is 0 Å². The number of hydrogen-bond acceptors (Lipinski definition) is 2. The molecule has 0 radical (unpaired) electrons. The van der Waals surface area contributed by atoms with Gasteiger partial charge < -0.3 is 11.1 Å². The van der Waals surface area contributed by atoms with E-state index >= 15 is 0 Å². The summed E-state index contributed by atoms with van der Waals surface area (Å²) in [6.45, 7) is 2.06. The predicted octanol–water partition coefficient (Wildman–Crippen LogP) is 3.96. The number of amides is 1. The third-order valence-electron chi connectivity index (χ3n) is 4.73. The second-order valence-corrected chi connectivity index (χ2v) is 6.42. The number of nitrogens with two attached hydrogens (primary N) is 1. The quantitative estimate of drug-likeness (QED) is 0.894. The number of benzene rings is 2. The van der Waals surface area contributed by atoms with E-state index in [0.717, 1.165) is 25.7 Å². The molecule has 2 aromatic rings. The fourth-order valence-electron chi connectivity index (χ4n) is 3.50. The Hall–Kier alpha value is -1.58. The summed E-state index contributed by atoms with van der Waals surface area (Å²) in [5.41, 5.74) is 7.17. The summed E-state index contributed by atoms with van der Waals surface area (Å²) in [5.74, 6) is 0.219. The van der Waals surface area contributed by atoms with Crippen LogP contribution in [0.1, 0.15) is 44.2 Å². The molecule has 3 unspecified atom stereocenters. The van der Waals surface area contributed by atoms with Crippen LogP contribution in [0, 0.1) is 5.92 Å². The molecular weight excluding hydrogens is 308 g/mol. The molecule has 1 aliphatic rings.